The van der Waals surface area contributed by atoms with Gasteiger partial charge in [0.2, 0.25) is 0 Å². The van der Waals surface area contributed by atoms with Gasteiger partial charge in [-0.2, -0.15) is 0 Å². The number of para-hydroxylation sites is 1. The summed E-state index contributed by atoms with van der Waals surface area (Å²) in [6.45, 7) is -0.0830. The molecule has 1 N–H and O–H groups in total. The predicted octanol–water partition coefficient (Wildman–Crippen LogP) is 4.11. The predicted molar refractivity (Wildman–Crippen MR) is 94.2 cm³/mol. The van der Waals surface area contributed by atoms with E-state index < -0.39 is 5.97 Å². The van der Waals surface area contributed by atoms with Crippen LogP contribution in [0.1, 0.15) is 49.0 Å². The third kappa shape index (κ3) is 2.50. The molecular formula is C21H23NO3. The van der Waals surface area contributed by atoms with Crippen LogP contribution in [0.15, 0.2) is 30.3 Å². The maximum Gasteiger partial charge on any atom is 0.355 e. The number of hydrogen-bond acceptors (Lipinski definition) is 3. The Bertz CT molecular complexity index is 781. The van der Waals surface area contributed by atoms with Gasteiger partial charge in [0.25, 0.3) is 0 Å². The molecule has 0 atom stereocenters. The number of H-pyrrole nitrogens is 1. The van der Waals surface area contributed by atoms with Crippen molar-refractivity contribution < 1.29 is 14.3 Å². The molecule has 4 nitrogen and oxygen atoms in total. The fraction of sp³-hybridized carbons (Fsp3) is 0.524. The van der Waals surface area contributed by atoms with Crippen LogP contribution in [0.25, 0.3) is 10.9 Å². The zero-order chi connectivity index (χ0) is 17.0. The number of rotatable bonds is 4. The Morgan fingerprint density at radius 2 is 1.68 bits per heavy atom. The number of Topliss-reactive ketones (excluding diaryl/α,β-unsaturated/α-hetero) is 1. The highest BCUT2D eigenvalue weighted by Crippen LogP contribution is 2.60. The van der Waals surface area contributed by atoms with E-state index in [0.717, 1.165) is 47.9 Å². The second kappa shape index (κ2) is 5.45. The maximum absolute atomic E-state index is 12.9. The topological polar surface area (TPSA) is 59.2 Å². The molecule has 1 heterocycles. The molecule has 0 amide bonds. The van der Waals surface area contributed by atoms with Gasteiger partial charge in [0, 0.05) is 16.3 Å². The largest absolute Gasteiger partial charge is 0.453 e. The normalized spacial score (nSPS) is 32.9. The minimum atomic E-state index is -0.436. The van der Waals surface area contributed by atoms with Crippen LogP contribution in [-0.2, 0) is 9.53 Å². The molecule has 4 heteroatoms. The number of benzene rings is 1. The molecule has 4 fully saturated rings. The first kappa shape index (κ1) is 15.2. The van der Waals surface area contributed by atoms with E-state index in [1.165, 1.54) is 19.3 Å². The van der Waals surface area contributed by atoms with Gasteiger partial charge in [-0.3, -0.25) is 4.79 Å². The lowest BCUT2D eigenvalue weighted by atomic mass is 9.48. The van der Waals surface area contributed by atoms with Crippen LogP contribution in [0, 0.1) is 23.2 Å². The first-order valence-corrected chi connectivity index (χ1v) is 9.39. The summed E-state index contributed by atoms with van der Waals surface area (Å²) in [6.07, 6.45) is 6.97. The minimum Gasteiger partial charge on any atom is -0.453 e. The van der Waals surface area contributed by atoms with Gasteiger partial charge in [-0.05, 0) is 68.4 Å². The average Bonchev–Trinajstić information content (AvgIpc) is 3.02. The van der Waals surface area contributed by atoms with E-state index in [9.17, 15) is 9.59 Å². The summed E-state index contributed by atoms with van der Waals surface area (Å²) < 4.78 is 5.39. The molecule has 4 aliphatic carbocycles. The standard InChI is InChI=1S/C21H23NO3/c23-19(21-9-13-5-14(10-21)7-15(6-13)11-21)12-25-20(24)18-8-16-3-1-2-4-17(16)22-18/h1-4,8,13-15,22H,5-7,9-12H2. The number of aromatic nitrogens is 1. The molecule has 0 saturated heterocycles. The minimum absolute atomic E-state index is 0.0830. The van der Waals surface area contributed by atoms with Crippen molar-refractivity contribution in [2.45, 2.75) is 38.5 Å². The van der Waals surface area contributed by atoms with Gasteiger partial charge in [-0.25, -0.2) is 4.79 Å². The number of carbonyl (C=O) groups excluding carboxylic acids is 2. The number of ketones is 1. The third-order valence-corrected chi connectivity index (χ3v) is 6.71. The SMILES string of the molecule is O=C(OCC(=O)C12CC3CC(CC(C3)C1)C2)c1cc2ccccc2[nH]1. The molecule has 25 heavy (non-hydrogen) atoms. The quantitative estimate of drug-likeness (QED) is 0.854. The van der Waals surface area contributed by atoms with Crippen LogP contribution < -0.4 is 0 Å². The molecule has 4 aliphatic rings. The van der Waals surface area contributed by atoms with Crippen LogP contribution >= 0.6 is 0 Å². The van der Waals surface area contributed by atoms with Crippen LogP contribution in [0.3, 0.4) is 0 Å². The van der Waals surface area contributed by atoms with Crippen molar-refractivity contribution in [3.63, 3.8) is 0 Å². The van der Waals surface area contributed by atoms with Crippen molar-refractivity contribution in [3.05, 3.63) is 36.0 Å². The van der Waals surface area contributed by atoms with Crippen molar-refractivity contribution >= 4 is 22.7 Å². The van der Waals surface area contributed by atoms with E-state index in [1.807, 2.05) is 24.3 Å². The Labute approximate surface area is 146 Å². The lowest BCUT2D eigenvalue weighted by Crippen LogP contribution is -2.51. The Kier molecular flexibility index (Phi) is 3.31. The van der Waals surface area contributed by atoms with Gasteiger partial charge < -0.3 is 9.72 Å². The van der Waals surface area contributed by atoms with Crippen molar-refractivity contribution in [3.8, 4) is 0 Å². The molecule has 4 bridgehead atoms. The fourth-order valence-corrected chi connectivity index (χ4v) is 6.00. The van der Waals surface area contributed by atoms with Crippen LogP contribution in [0.2, 0.25) is 0 Å². The van der Waals surface area contributed by atoms with E-state index in [4.69, 9.17) is 4.74 Å². The molecule has 0 unspecified atom stereocenters. The molecule has 0 spiro atoms. The first-order valence-electron chi connectivity index (χ1n) is 9.39. The Morgan fingerprint density at radius 3 is 2.32 bits per heavy atom. The average molecular weight is 337 g/mol. The smallest absolute Gasteiger partial charge is 0.355 e. The van der Waals surface area contributed by atoms with Crippen LogP contribution in [-0.4, -0.2) is 23.3 Å². The number of esters is 1. The molecule has 0 radical (unpaired) electrons. The van der Waals surface area contributed by atoms with Gasteiger partial charge in [0.15, 0.2) is 12.4 Å². The van der Waals surface area contributed by atoms with Gasteiger partial charge in [-0.15, -0.1) is 0 Å². The number of ether oxygens (including phenoxy) is 1. The summed E-state index contributed by atoms with van der Waals surface area (Å²) in [5.41, 5.74) is 1.12. The van der Waals surface area contributed by atoms with Gasteiger partial charge in [0.1, 0.15) is 5.69 Å². The zero-order valence-electron chi connectivity index (χ0n) is 14.3. The summed E-state index contributed by atoms with van der Waals surface area (Å²) in [7, 11) is 0. The summed E-state index contributed by atoms with van der Waals surface area (Å²) in [6, 6.07) is 9.51. The Balaban J connectivity index is 1.28. The van der Waals surface area contributed by atoms with Gasteiger partial charge in [0.05, 0.1) is 0 Å². The fourth-order valence-electron chi connectivity index (χ4n) is 6.00. The third-order valence-electron chi connectivity index (χ3n) is 6.71. The second-order valence-electron chi connectivity index (χ2n) is 8.47. The summed E-state index contributed by atoms with van der Waals surface area (Å²) in [5, 5.41) is 0.974. The number of aromatic amines is 1. The zero-order valence-corrected chi connectivity index (χ0v) is 14.3. The molecule has 4 saturated carbocycles. The van der Waals surface area contributed by atoms with E-state index in [0.29, 0.717) is 5.69 Å². The number of fused-ring (bicyclic) bond motifs is 1. The summed E-state index contributed by atoms with van der Waals surface area (Å²) >= 11 is 0. The highest BCUT2D eigenvalue weighted by molar-refractivity contribution is 5.96. The van der Waals surface area contributed by atoms with E-state index >= 15 is 0 Å². The number of nitrogens with one attached hydrogen (secondary N) is 1. The highest BCUT2D eigenvalue weighted by Gasteiger charge is 2.54. The van der Waals surface area contributed by atoms with Gasteiger partial charge >= 0.3 is 5.97 Å². The molecule has 6 rings (SSSR count). The molecule has 0 aliphatic heterocycles. The highest BCUT2D eigenvalue weighted by atomic mass is 16.5. The summed E-state index contributed by atoms with van der Waals surface area (Å²) in [5.74, 6) is 1.88. The molecule has 2 aromatic rings. The summed E-state index contributed by atoms with van der Waals surface area (Å²) in [4.78, 5) is 28.3. The van der Waals surface area contributed by atoms with Crippen molar-refractivity contribution in [1.82, 2.24) is 4.98 Å². The van der Waals surface area contributed by atoms with E-state index in [1.54, 1.807) is 6.07 Å². The van der Waals surface area contributed by atoms with Crippen molar-refractivity contribution in [2.75, 3.05) is 6.61 Å². The maximum atomic E-state index is 12.9. The van der Waals surface area contributed by atoms with E-state index in [-0.39, 0.29) is 17.8 Å². The van der Waals surface area contributed by atoms with Crippen LogP contribution in [0.5, 0.6) is 0 Å². The molecule has 1 aromatic carbocycles. The van der Waals surface area contributed by atoms with Crippen molar-refractivity contribution in [1.29, 1.82) is 0 Å². The van der Waals surface area contributed by atoms with Crippen LogP contribution in [0.4, 0.5) is 0 Å². The molecular weight excluding hydrogens is 314 g/mol. The second-order valence-corrected chi connectivity index (χ2v) is 8.47. The first-order chi connectivity index (χ1) is 12.1. The lowest BCUT2D eigenvalue weighted by Gasteiger charge is -2.55. The monoisotopic (exact) mass is 337 g/mol. The number of hydrogen-bond donors (Lipinski definition) is 1. The van der Waals surface area contributed by atoms with Gasteiger partial charge in [-0.1, -0.05) is 18.2 Å². The Morgan fingerprint density at radius 1 is 1.04 bits per heavy atom. The number of carbonyl (C=O) groups is 2. The molecule has 130 valence electrons. The molecule has 1 aromatic heterocycles. The Hall–Kier alpha value is -2.10. The van der Waals surface area contributed by atoms with E-state index in [2.05, 4.69) is 4.98 Å². The lowest BCUT2D eigenvalue weighted by molar-refractivity contribution is -0.147. The van der Waals surface area contributed by atoms with Crippen molar-refractivity contribution in [2.24, 2.45) is 23.2 Å².